The van der Waals surface area contributed by atoms with Crippen molar-refractivity contribution < 1.29 is 9.21 Å². The summed E-state index contributed by atoms with van der Waals surface area (Å²) in [6, 6.07) is 8.50. The van der Waals surface area contributed by atoms with Gasteiger partial charge in [0.2, 0.25) is 0 Å². The Bertz CT molecular complexity index is 760. The Morgan fingerprint density at radius 1 is 1.45 bits per heavy atom. The van der Waals surface area contributed by atoms with E-state index in [9.17, 15) is 9.59 Å². The molecule has 1 amide bonds. The summed E-state index contributed by atoms with van der Waals surface area (Å²) in [6.45, 7) is 2.12. The molecule has 1 N–H and O–H groups in total. The molecule has 2 aromatic heterocycles. The number of amides is 1. The number of hydrazone groups is 1. The number of nitrogens with zero attached hydrogens (tertiary/aromatic N) is 2. The minimum Gasteiger partial charge on any atom is -0.460 e. The molecular weight excluding hydrogens is 282 g/mol. The average molecular weight is 299 g/mol. The van der Waals surface area contributed by atoms with E-state index in [4.69, 9.17) is 4.42 Å². The van der Waals surface area contributed by atoms with Gasteiger partial charge < -0.3 is 8.98 Å². The van der Waals surface area contributed by atoms with Crippen LogP contribution in [-0.2, 0) is 11.3 Å². The maximum absolute atomic E-state index is 11.7. The second-order valence-corrected chi connectivity index (χ2v) is 5.52. The molecule has 0 saturated heterocycles. The standard InChI is InChI=1S/C16H17N3O3/c1-11-8-13(11)14-6-5-12(22-14)9-17-18-15(20)10-19-7-3-2-4-16(19)21/h2-7,9,11,13H,8,10H2,1H3,(H,18,20)/b17-9-/t11-,13+/m0/s1. The highest BCUT2D eigenvalue weighted by molar-refractivity contribution is 5.80. The normalized spacial score (nSPS) is 20.2. The van der Waals surface area contributed by atoms with E-state index in [0.29, 0.717) is 17.6 Å². The molecular formula is C16H17N3O3. The second-order valence-electron chi connectivity index (χ2n) is 5.52. The van der Waals surface area contributed by atoms with Gasteiger partial charge in [0, 0.05) is 18.2 Å². The van der Waals surface area contributed by atoms with E-state index in [0.717, 1.165) is 12.2 Å². The highest BCUT2D eigenvalue weighted by Crippen LogP contribution is 2.47. The summed E-state index contributed by atoms with van der Waals surface area (Å²) in [5.41, 5.74) is 2.15. The predicted molar refractivity (Wildman–Crippen MR) is 81.7 cm³/mol. The zero-order valence-electron chi connectivity index (χ0n) is 12.2. The van der Waals surface area contributed by atoms with Crippen molar-refractivity contribution in [1.29, 1.82) is 0 Å². The number of carbonyl (C=O) groups excluding carboxylic acids is 1. The minimum atomic E-state index is -0.368. The second kappa shape index (κ2) is 6.01. The third-order valence-corrected chi connectivity index (χ3v) is 3.72. The Labute approximate surface area is 127 Å². The minimum absolute atomic E-state index is 0.0694. The maximum atomic E-state index is 11.7. The number of furan rings is 1. The Kier molecular flexibility index (Phi) is 3.91. The third kappa shape index (κ3) is 3.33. The Morgan fingerprint density at radius 3 is 3.00 bits per heavy atom. The molecule has 6 heteroatoms. The zero-order chi connectivity index (χ0) is 15.5. The van der Waals surface area contributed by atoms with Gasteiger partial charge in [-0.05, 0) is 30.5 Å². The fourth-order valence-corrected chi connectivity index (χ4v) is 2.30. The SMILES string of the molecule is C[C@H]1C[C@H]1c1ccc(/C=N\NC(=O)Cn2ccccc2=O)o1. The monoisotopic (exact) mass is 299 g/mol. The van der Waals surface area contributed by atoms with Crippen LogP contribution in [-0.4, -0.2) is 16.7 Å². The Hall–Kier alpha value is -2.63. The first-order chi connectivity index (χ1) is 10.6. The number of pyridine rings is 1. The van der Waals surface area contributed by atoms with Crippen molar-refractivity contribution in [1.82, 2.24) is 9.99 Å². The van der Waals surface area contributed by atoms with Gasteiger partial charge in [0.25, 0.3) is 11.5 Å². The first kappa shape index (κ1) is 14.3. The molecule has 1 aliphatic carbocycles. The van der Waals surface area contributed by atoms with Crippen LogP contribution in [0.4, 0.5) is 0 Å². The predicted octanol–water partition coefficient (Wildman–Crippen LogP) is 1.72. The van der Waals surface area contributed by atoms with Crippen molar-refractivity contribution in [2.45, 2.75) is 25.8 Å². The third-order valence-electron chi connectivity index (χ3n) is 3.72. The molecule has 6 nitrogen and oxygen atoms in total. The van der Waals surface area contributed by atoms with Crippen molar-refractivity contribution in [3.8, 4) is 0 Å². The van der Waals surface area contributed by atoms with E-state index >= 15 is 0 Å². The van der Waals surface area contributed by atoms with Crippen LogP contribution >= 0.6 is 0 Å². The van der Waals surface area contributed by atoms with Crippen LogP contribution in [0.2, 0.25) is 0 Å². The molecule has 1 aliphatic rings. The van der Waals surface area contributed by atoms with Crippen LogP contribution in [0.1, 0.15) is 30.8 Å². The van der Waals surface area contributed by atoms with Gasteiger partial charge in [0.05, 0.1) is 6.21 Å². The largest absolute Gasteiger partial charge is 0.460 e. The van der Waals surface area contributed by atoms with Crippen LogP contribution < -0.4 is 11.0 Å². The summed E-state index contributed by atoms with van der Waals surface area (Å²) in [6.07, 6.45) is 4.18. The molecule has 0 spiro atoms. The first-order valence-corrected chi connectivity index (χ1v) is 7.20. The molecule has 1 fully saturated rings. The van der Waals surface area contributed by atoms with Crippen LogP contribution in [0.5, 0.6) is 0 Å². The van der Waals surface area contributed by atoms with Crippen molar-refractivity contribution in [2.75, 3.05) is 0 Å². The molecule has 0 radical (unpaired) electrons. The average Bonchev–Trinajstić information content (AvgIpc) is 3.04. The molecule has 2 atom stereocenters. The molecule has 1 saturated carbocycles. The highest BCUT2D eigenvalue weighted by Gasteiger charge is 2.36. The number of aromatic nitrogens is 1. The Balaban J connectivity index is 1.53. The lowest BCUT2D eigenvalue weighted by atomic mass is 10.3. The Morgan fingerprint density at radius 2 is 2.27 bits per heavy atom. The van der Waals surface area contributed by atoms with E-state index in [2.05, 4.69) is 17.5 Å². The zero-order valence-corrected chi connectivity index (χ0v) is 12.2. The van der Waals surface area contributed by atoms with Crippen LogP contribution in [0.3, 0.4) is 0 Å². The molecule has 2 heterocycles. The highest BCUT2D eigenvalue weighted by atomic mass is 16.3. The molecule has 0 aromatic carbocycles. The number of rotatable bonds is 5. The number of hydrogen-bond acceptors (Lipinski definition) is 4. The van der Waals surface area contributed by atoms with Gasteiger partial charge in [-0.25, -0.2) is 5.43 Å². The molecule has 0 bridgehead atoms. The lowest BCUT2D eigenvalue weighted by molar-refractivity contribution is -0.121. The van der Waals surface area contributed by atoms with Gasteiger partial charge in [-0.15, -0.1) is 0 Å². The van der Waals surface area contributed by atoms with Crippen molar-refractivity contribution in [3.05, 3.63) is 58.4 Å². The van der Waals surface area contributed by atoms with E-state index in [1.807, 2.05) is 12.1 Å². The molecule has 22 heavy (non-hydrogen) atoms. The summed E-state index contributed by atoms with van der Waals surface area (Å²) in [4.78, 5) is 23.2. The van der Waals surface area contributed by atoms with E-state index in [1.54, 1.807) is 18.3 Å². The van der Waals surface area contributed by atoms with Gasteiger partial charge in [-0.1, -0.05) is 13.0 Å². The van der Waals surface area contributed by atoms with Crippen LogP contribution in [0, 0.1) is 5.92 Å². The van der Waals surface area contributed by atoms with Crippen molar-refractivity contribution in [3.63, 3.8) is 0 Å². The van der Waals surface area contributed by atoms with Gasteiger partial charge in [-0.2, -0.15) is 5.10 Å². The number of carbonyl (C=O) groups is 1. The smallest absolute Gasteiger partial charge is 0.260 e. The molecule has 0 aliphatic heterocycles. The summed E-state index contributed by atoms with van der Waals surface area (Å²) in [5, 5.41) is 3.85. The lowest BCUT2D eigenvalue weighted by Crippen LogP contribution is -2.28. The molecule has 3 rings (SSSR count). The first-order valence-electron chi connectivity index (χ1n) is 7.20. The lowest BCUT2D eigenvalue weighted by Gasteiger charge is -2.02. The molecule has 114 valence electrons. The fraction of sp³-hybridized carbons (Fsp3) is 0.312. The van der Waals surface area contributed by atoms with Crippen LogP contribution in [0.25, 0.3) is 0 Å². The van der Waals surface area contributed by atoms with Crippen LogP contribution in [0.15, 0.2) is 50.8 Å². The van der Waals surface area contributed by atoms with E-state index < -0.39 is 0 Å². The topological polar surface area (TPSA) is 76.6 Å². The molecule has 2 aromatic rings. The summed E-state index contributed by atoms with van der Waals surface area (Å²) < 4.78 is 6.95. The van der Waals surface area contributed by atoms with Gasteiger partial charge in [0.1, 0.15) is 18.1 Å². The molecule has 0 unspecified atom stereocenters. The van der Waals surface area contributed by atoms with E-state index in [-0.39, 0.29) is 18.0 Å². The van der Waals surface area contributed by atoms with E-state index in [1.165, 1.54) is 16.8 Å². The fourth-order valence-electron chi connectivity index (χ4n) is 2.30. The van der Waals surface area contributed by atoms with Crippen molar-refractivity contribution in [2.24, 2.45) is 11.0 Å². The summed E-state index contributed by atoms with van der Waals surface area (Å²) in [7, 11) is 0. The maximum Gasteiger partial charge on any atom is 0.260 e. The number of nitrogens with one attached hydrogen (secondary N) is 1. The summed E-state index contributed by atoms with van der Waals surface area (Å²) in [5.74, 6) is 2.40. The summed E-state index contributed by atoms with van der Waals surface area (Å²) >= 11 is 0. The van der Waals surface area contributed by atoms with Gasteiger partial charge in [-0.3, -0.25) is 9.59 Å². The number of hydrogen-bond donors (Lipinski definition) is 1. The quantitative estimate of drug-likeness (QED) is 0.674. The van der Waals surface area contributed by atoms with Crippen molar-refractivity contribution >= 4 is 12.1 Å². The van der Waals surface area contributed by atoms with Gasteiger partial charge >= 0.3 is 0 Å². The van der Waals surface area contributed by atoms with Gasteiger partial charge in [0.15, 0.2) is 0 Å².